The van der Waals surface area contributed by atoms with Crippen molar-refractivity contribution in [3.63, 3.8) is 0 Å². The highest BCUT2D eigenvalue weighted by Crippen LogP contribution is 2.30. The van der Waals surface area contributed by atoms with Gasteiger partial charge < -0.3 is 9.64 Å². The second kappa shape index (κ2) is 7.49. The number of likely N-dealkylation sites (tertiary alicyclic amines) is 1. The van der Waals surface area contributed by atoms with Crippen LogP contribution in [-0.2, 0) is 15.6 Å². The predicted octanol–water partition coefficient (Wildman–Crippen LogP) is 3.51. The summed E-state index contributed by atoms with van der Waals surface area (Å²) in [5.41, 5.74) is 3.05. The number of carbonyl (C=O) groups is 1. The lowest BCUT2D eigenvalue weighted by Crippen LogP contribution is -3.11. The molecule has 0 spiro atoms. The molecule has 1 fully saturated rings. The minimum atomic E-state index is -0.192. The summed E-state index contributed by atoms with van der Waals surface area (Å²) in [5.74, 6) is -0.192. The summed E-state index contributed by atoms with van der Waals surface area (Å²) >= 11 is 0. The van der Waals surface area contributed by atoms with Crippen LogP contribution in [0.1, 0.15) is 82.8 Å². The van der Waals surface area contributed by atoms with Crippen molar-refractivity contribution in [2.45, 2.75) is 78.2 Å². The molecule has 0 aliphatic carbocycles. The van der Waals surface area contributed by atoms with Crippen LogP contribution in [0.15, 0.2) is 18.2 Å². The molecule has 1 heterocycles. The smallest absolute Gasteiger partial charge is 0.338 e. The van der Waals surface area contributed by atoms with E-state index in [1.165, 1.54) is 37.1 Å². The first-order chi connectivity index (χ1) is 11.5. The Balaban J connectivity index is 2.19. The van der Waals surface area contributed by atoms with Gasteiger partial charge in [-0.1, -0.05) is 47.6 Å². The SMILES string of the molecule is CC(C[NH+]1CCCC1)OC(=O)c1cc(C(C)(C)C)cc(C(C)(C)C)c1. The van der Waals surface area contributed by atoms with Crippen molar-refractivity contribution in [3.8, 4) is 0 Å². The topological polar surface area (TPSA) is 30.7 Å². The van der Waals surface area contributed by atoms with Gasteiger partial charge in [-0.25, -0.2) is 4.79 Å². The van der Waals surface area contributed by atoms with Gasteiger partial charge in [-0.2, -0.15) is 0 Å². The molecule has 1 unspecified atom stereocenters. The molecule has 1 N–H and O–H groups in total. The Hall–Kier alpha value is -1.35. The number of esters is 1. The molecule has 1 saturated heterocycles. The Kier molecular flexibility index (Phi) is 5.98. The van der Waals surface area contributed by atoms with Crippen LogP contribution in [0.2, 0.25) is 0 Å². The Labute approximate surface area is 153 Å². The van der Waals surface area contributed by atoms with E-state index in [0.29, 0.717) is 5.56 Å². The third kappa shape index (κ3) is 5.57. The second-order valence-electron chi connectivity index (χ2n) is 9.68. The Morgan fingerprint density at radius 2 is 1.48 bits per heavy atom. The van der Waals surface area contributed by atoms with Gasteiger partial charge in [0, 0.05) is 12.8 Å². The van der Waals surface area contributed by atoms with Gasteiger partial charge in [-0.3, -0.25) is 0 Å². The fourth-order valence-corrected chi connectivity index (χ4v) is 3.39. The Morgan fingerprint density at radius 3 is 1.92 bits per heavy atom. The summed E-state index contributed by atoms with van der Waals surface area (Å²) < 4.78 is 5.77. The summed E-state index contributed by atoms with van der Waals surface area (Å²) in [4.78, 5) is 14.3. The van der Waals surface area contributed by atoms with Gasteiger partial charge in [0.25, 0.3) is 0 Å². The predicted molar refractivity (Wildman–Crippen MR) is 104 cm³/mol. The van der Waals surface area contributed by atoms with Crippen molar-refractivity contribution in [1.29, 1.82) is 0 Å². The van der Waals surface area contributed by atoms with Crippen LogP contribution in [0.5, 0.6) is 0 Å². The maximum absolute atomic E-state index is 12.8. The summed E-state index contributed by atoms with van der Waals surface area (Å²) in [5, 5.41) is 0. The molecule has 0 saturated carbocycles. The van der Waals surface area contributed by atoms with E-state index in [2.05, 4.69) is 47.6 Å². The normalized spacial score (nSPS) is 17.6. The first-order valence-electron chi connectivity index (χ1n) is 9.67. The zero-order valence-corrected chi connectivity index (χ0v) is 17.2. The standard InChI is InChI=1S/C22H35NO2/c1-16(15-23-10-8-9-11-23)25-20(24)17-12-18(21(2,3)4)14-19(13-17)22(5,6)7/h12-14,16H,8-11,15H2,1-7H3/p+1. The molecule has 2 rings (SSSR count). The van der Waals surface area contributed by atoms with Gasteiger partial charge in [0.15, 0.2) is 0 Å². The van der Waals surface area contributed by atoms with Crippen molar-refractivity contribution in [2.75, 3.05) is 19.6 Å². The molecule has 3 heteroatoms. The van der Waals surface area contributed by atoms with Crippen molar-refractivity contribution >= 4 is 5.97 Å². The molecule has 1 aromatic rings. The summed E-state index contributed by atoms with van der Waals surface area (Å²) in [7, 11) is 0. The number of ether oxygens (including phenoxy) is 1. The maximum atomic E-state index is 12.8. The van der Waals surface area contributed by atoms with Crippen LogP contribution < -0.4 is 4.90 Å². The number of rotatable bonds is 4. The zero-order valence-electron chi connectivity index (χ0n) is 17.2. The zero-order chi connectivity index (χ0) is 18.8. The maximum Gasteiger partial charge on any atom is 0.338 e. The molecule has 1 aromatic carbocycles. The van der Waals surface area contributed by atoms with E-state index >= 15 is 0 Å². The van der Waals surface area contributed by atoms with Crippen LogP contribution in [0, 0.1) is 0 Å². The van der Waals surface area contributed by atoms with Crippen molar-refractivity contribution in [2.24, 2.45) is 0 Å². The van der Waals surface area contributed by atoms with Gasteiger partial charge in [0.1, 0.15) is 12.6 Å². The molecule has 25 heavy (non-hydrogen) atoms. The van der Waals surface area contributed by atoms with Crippen LogP contribution in [0.3, 0.4) is 0 Å². The number of benzene rings is 1. The van der Waals surface area contributed by atoms with E-state index in [1.807, 2.05) is 19.1 Å². The van der Waals surface area contributed by atoms with Gasteiger partial charge in [-0.05, 0) is 41.0 Å². The van der Waals surface area contributed by atoms with Crippen LogP contribution in [0.4, 0.5) is 0 Å². The van der Waals surface area contributed by atoms with Gasteiger partial charge in [0.05, 0.1) is 18.7 Å². The van der Waals surface area contributed by atoms with Gasteiger partial charge in [0.2, 0.25) is 0 Å². The van der Waals surface area contributed by atoms with Crippen molar-refractivity contribution in [3.05, 3.63) is 34.9 Å². The third-order valence-corrected chi connectivity index (χ3v) is 5.10. The van der Waals surface area contributed by atoms with Crippen LogP contribution in [-0.4, -0.2) is 31.7 Å². The molecule has 140 valence electrons. The highest BCUT2D eigenvalue weighted by Gasteiger charge is 2.25. The van der Waals surface area contributed by atoms with E-state index in [0.717, 1.165) is 6.54 Å². The average molecular weight is 347 g/mol. The van der Waals surface area contributed by atoms with Crippen molar-refractivity contribution in [1.82, 2.24) is 0 Å². The minimum Gasteiger partial charge on any atom is -0.453 e. The molecular weight excluding hydrogens is 310 g/mol. The summed E-state index contributed by atoms with van der Waals surface area (Å²) in [6, 6.07) is 6.24. The molecule has 0 amide bonds. The molecule has 0 radical (unpaired) electrons. The van der Waals surface area contributed by atoms with Crippen LogP contribution >= 0.6 is 0 Å². The fourth-order valence-electron chi connectivity index (χ4n) is 3.39. The average Bonchev–Trinajstić information content (AvgIpc) is 2.97. The van der Waals surface area contributed by atoms with E-state index in [-0.39, 0.29) is 22.9 Å². The van der Waals surface area contributed by atoms with E-state index in [4.69, 9.17) is 4.74 Å². The Bertz CT molecular complexity index is 569. The third-order valence-electron chi connectivity index (χ3n) is 5.10. The molecule has 0 bridgehead atoms. The number of hydrogen-bond acceptors (Lipinski definition) is 2. The van der Waals surface area contributed by atoms with Gasteiger partial charge >= 0.3 is 5.97 Å². The molecule has 1 aliphatic heterocycles. The fraction of sp³-hybridized carbons (Fsp3) is 0.682. The molecule has 3 nitrogen and oxygen atoms in total. The largest absolute Gasteiger partial charge is 0.453 e. The number of carbonyl (C=O) groups excluding carboxylic acids is 1. The van der Waals surface area contributed by atoms with E-state index in [1.54, 1.807) is 4.90 Å². The van der Waals surface area contributed by atoms with E-state index < -0.39 is 0 Å². The van der Waals surface area contributed by atoms with Gasteiger partial charge in [-0.15, -0.1) is 0 Å². The lowest BCUT2D eigenvalue weighted by atomic mass is 9.79. The summed E-state index contributed by atoms with van der Waals surface area (Å²) in [6.45, 7) is 18.4. The second-order valence-corrected chi connectivity index (χ2v) is 9.68. The highest BCUT2D eigenvalue weighted by molar-refractivity contribution is 5.90. The molecular formula is C22H36NO2+. The van der Waals surface area contributed by atoms with E-state index in [9.17, 15) is 4.79 Å². The number of hydrogen-bond donors (Lipinski definition) is 1. The molecule has 0 aromatic heterocycles. The molecule has 1 aliphatic rings. The number of quaternary nitrogens is 1. The first kappa shape index (κ1) is 20.0. The lowest BCUT2D eigenvalue weighted by molar-refractivity contribution is -0.890. The first-order valence-corrected chi connectivity index (χ1v) is 9.67. The van der Waals surface area contributed by atoms with Crippen LogP contribution in [0.25, 0.3) is 0 Å². The monoisotopic (exact) mass is 346 g/mol. The van der Waals surface area contributed by atoms with Crippen molar-refractivity contribution < 1.29 is 14.4 Å². The number of nitrogens with one attached hydrogen (secondary N) is 1. The summed E-state index contributed by atoms with van der Waals surface area (Å²) in [6.07, 6.45) is 2.54. The highest BCUT2D eigenvalue weighted by atomic mass is 16.5. The minimum absolute atomic E-state index is 0.00159. The quantitative estimate of drug-likeness (QED) is 0.846. The molecule has 1 atom stereocenters. The lowest BCUT2D eigenvalue weighted by Gasteiger charge is -2.26. The Morgan fingerprint density at radius 1 is 1.00 bits per heavy atom.